The summed E-state index contributed by atoms with van der Waals surface area (Å²) >= 11 is 11.8. The normalized spacial score (nSPS) is 10.8. The van der Waals surface area contributed by atoms with Gasteiger partial charge in [-0.2, -0.15) is 0 Å². The molecule has 266 valence electrons. The minimum Gasteiger partial charge on any atom is -0.480 e. The molecule has 5 rings (SSSR count). The van der Waals surface area contributed by atoms with Gasteiger partial charge in [-0.05, 0) is 100 Å². The van der Waals surface area contributed by atoms with Crippen molar-refractivity contribution >= 4 is 45.1 Å². The first-order chi connectivity index (χ1) is 24.0. The Morgan fingerprint density at radius 3 is 1.61 bits per heavy atom. The number of aryl methyl sites for hydroxylation is 6. The number of ether oxygens (including phenoxy) is 3. The van der Waals surface area contributed by atoms with Crippen LogP contribution in [-0.2, 0) is 10.0 Å². The second-order valence-corrected chi connectivity index (χ2v) is 13.8. The number of carbonyl (C=O) groups is 2. The molecule has 0 fully saturated rings. The number of halogens is 2. The summed E-state index contributed by atoms with van der Waals surface area (Å²) in [7, 11) is -2.99. The predicted molar refractivity (Wildman–Crippen MR) is 192 cm³/mol. The first kappa shape index (κ1) is 38.6. The van der Waals surface area contributed by atoms with Gasteiger partial charge in [-0.3, -0.25) is 4.79 Å². The van der Waals surface area contributed by atoms with Crippen molar-refractivity contribution in [2.75, 3.05) is 7.11 Å². The lowest BCUT2D eigenvalue weighted by Gasteiger charge is -2.15. The zero-order valence-corrected chi connectivity index (χ0v) is 31.0. The number of aromatic nitrogens is 3. The van der Waals surface area contributed by atoms with Crippen LogP contribution in [0.3, 0.4) is 0 Å². The zero-order valence-electron chi connectivity index (χ0n) is 28.7. The van der Waals surface area contributed by atoms with Crippen LogP contribution in [0.2, 0.25) is 10.3 Å². The van der Waals surface area contributed by atoms with Crippen molar-refractivity contribution in [2.45, 2.75) is 46.4 Å². The highest BCUT2D eigenvalue weighted by Gasteiger charge is 2.26. The Kier molecular flexibility index (Phi) is 12.2. The molecule has 2 N–H and O–H groups in total. The zero-order chi connectivity index (χ0) is 37.6. The standard InChI is InChI=1S/C21H20ClN3O5S.C15H14ClNO3/c1-12-10-13(2)18(14(3)11-12)30-20-15(7-8-17(22)24-20)19(26)25-31(27,28)16-6-5-9-23-21(16)29-4;1-8-6-9(2)13(10(3)7-8)20-14-11(15(18)19)4-5-12(16)17-14/h5-11H,1-4H3,(H,25,26);4-7H,1-3H3,(H,18,19). The summed E-state index contributed by atoms with van der Waals surface area (Å²) in [5.41, 5.74) is 5.54. The van der Waals surface area contributed by atoms with E-state index in [9.17, 15) is 18.0 Å². The van der Waals surface area contributed by atoms with Crippen LogP contribution in [-0.4, -0.2) is 47.5 Å². The number of nitrogens with zero attached hydrogens (tertiary/aromatic N) is 3. The first-order valence-electron chi connectivity index (χ1n) is 15.1. The number of hydrogen-bond acceptors (Lipinski definition) is 10. The molecule has 5 aromatic rings. The van der Waals surface area contributed by atoms with E-state index < -0.39 is 21.9 Å². The number of carboxylic acid groups (broad SMARTS) is 1. The van der Waals surface area contributed by atoms with Gasteiger partial charge in [-0.25, -0.2) is 32.9 Å². The molecule has 15 heteroatoms. The molecule has 0 bridgehead atoms. The van der Waals surface area contributed by atoms with E-state index in [1.54, 1.807) is 0 Å². The second kappa shape index (κ2) is 16.2. The summed E-state index contributed by atoms with van der Waals surface area (Å²) in [4.78, 5) is 35.7. The number of carbonyl (C=O) groups excluding carboxylic acids is 1. The van der Waals surface area contributed by atoms with Gasteiger partial charge in [0, 0.05) is 6.20 Å². The Morgan fingerprint density at radius 2 is 1.16 bits per heavy atom. The molecule has 0 radical (unpaired) electrons. The summed E-state index contributed by atoms with van der Waals surface area (Å²) in [6, 6.07) is 16.0. The first-order valence-corrected chi connectivity index (χ1v) is 17.4. The van der Waals surface area contributed by atoms with Crippen molar-refractivity contribution in [1.29, 1.82) is 0 Å². The van der Waals surface area contributed by atoms with Crippen LogP contribution in [0, 0.1) is 41.5 Å². The number of methoxy groups -OCH3 is 1. The number of rotatable bonds is 9. The number of benzene rings is 2. The molecule has 0 aliphatic heterocycles. The van der Waals surface area contributed by atoms with Crippen molar-refractivity contribution in [3.63, 3.8) is 0 Å². The van der Waals surface area contributed by atoms with Gasteiger partial charge in [-0.1, -0.05) is 58.6 Å². The average Bonchev–Trinajstić information content (AvgIpc) is 3.04. The maximum atomic E-state index is 12.9. The quantitative estimate of drug-likeness (QED) is 0.140. The van der Waals surface area contributed by atoms with Gasteiger partial charge < -0.3 is 19.3 Å². The molecule has 12 nitrogen and oxygen atoms in total. The number of carboxylic acids is 1. The highest BCUT2D eigenvalue weighted by Crippen LogP contribution is 2.33. The van der Waals surface area contributed by atoms with Crippen LogP contribution in [0.25, 0.3) is 0 Å². The summed E-state index contributed by atoms with van der Waals surface area (Å²) in [5.74, 6) is -1.19. The highest BCUT2D eigenvalue weighted by atomic mass is 35.5. The Balaban J connectivity index is 0.000000251. The molecule has 3 aromatic heterocycles. The molecule has 51 heavy (non-hydrogen) atoms. The Bertz CT molecular complexity index is 2200. The molecule has 0 saturated heterocycles. The maximum Gasteiger partial charge on any atom is 0.341 e. The topological polar surface area (TPSA) is 167 Å². The fourth-order valence-corrected chi connectivity index (χ4v) is 6.51. The second-order valence-electron chi connectivity index (χ2n) is 11.4. The van der Waals surface area contributed by atoms with Gasteiger partial charge in [0.1, 0.15) is 37.8 Å². The number of aromatic carboxylic acids is 1. The lowest BCUT2D eigenvalue weighted by Crippen LogP contribution is -2.31. The Labute approximate surface area is 305 Å². The number of hydrogen-bond donors (Lipinski definition) is 2. The molecule has 0 aliphatic carbocycles. The van der Waals surface area contributed by atoms with Crippen LogP contribution >= 0.6 is 23.2 Å². The highest BCUT2D eigenvalue weighted by molar-refractivity contribution is 7.90. The predicted octanol–water partition coefficient (Wildman–Crippen LogP) is 8.13. The molecule has 3 heterocycles. The average molecular weight is 754 g/mol. The van der Waals surface area contributed by atoms with Gasteiger partial charge in [0.2, 0.25) is 17.6 Å². The van der Waals surface area contributed by atoms with E-state index in [1.165, 1.54) is 49.7 Å². The van der Waals surface area contributed by atoms with Crippen LogP contribution in [0.15, 0.2) is 71.8 Å². The third-order valence-corrected chi connectivity index (χ3v) is 8.95. The minimum absolute atomic E-state index is 0.0000491. The molecule has 0 spiro atoms. The smallest absolute Gasteiger partial charge is 0.341 e. The van der Waals surface area contributed by atoms with E-state index in [2.05, 4.69) is 15.0 Å². The fraction of sp³-hybridized carbons (Fsp3) is 0.194. The van der Waals surface area contributed by atoms with Gasteiger partial charge in [0.15, 0.2) is 0 Å². The molecule has 0 atom stereocenters. The van der Waals surface area contributed by atoms with Gasteiger partial charge in [0.25, 0.3) is 15.9 Å². The van der Waals surface area contributed by atoms with E-state index >= 15 is 0 Å². The molecular weight excluding hydrogens is 719 g/mol. The largest absolute Gasteiger partial charge is 0.480 e. The SMILES string of the molecule is COc1ncccc1S(=O)(=O)NC(=O)c1ccc(Cl)nc1Oc1c(C)cc(C)cc1C.Cc1cc(C)c(Oc2nc(Cl)ccc2C(=O)O)c(C)c1. The fourth-order valence-electron chi connectivity index (χ4n) is 5.14. The van der Waals surface area contributed by atoms with Crippen LogP contribution < -0.4 is 18.9 Å². The summed E-state index contributed by atoms with van der Waals surface area (Å²) in [5, 5.41) is 9.43. The van der Waals surface area contributed by atoms with Crippen molar-refractivity contribution < 1.29 is 37.3 Å². The summed E-state index contributed by atoms with van der Waals surface area (Å²) in [6.07, 6.45) is 1.38. The third kappa shape index (κ3) is 9.51. The van der Waals surface area contributed by atoms with E-state index in [4.69, 9.17) is 42.5 Å². The molecule has 2 aromatic carbocycles. The van der Waals surface area contributed by atoms with E-state index in [0.29, 0.717) is 11.5 Å². The van der Waals surface area contributed by atoms with Crippen LogP contribution in [0.1, 0.15) is 54.1 Å². The lowest BCUT2D eigenvalue weighted by molar-refractivity contribution is 0.0693. The van der Waals surface area contributed by atoms with Gasteiger partial charge in [-0.15, -0.1) is 0 Å². The van der Waals surface area contributed by atoms with Gasteiger partial charge >= 0.3 is 5.97 Å². The van der Waals surface area contributed by atoms with Crippen molar-refractivity contribution in [1.82, 2.24) is 19.7 Å². The molecule has 1 amide bonds. The molecule has 0 unspecified atom stereocenters. The van der Waals surface area contributed by atoms with Crippen molar-refractivity contribution in [2.24, 2.45) is 0 Å². The monoisotopic (exact) mass is 752 g/mol. The number of nitrogens with one attached hydrogen (secondary N) is 1. The van der Waals surface area contributed by atoms with E-state index in [-0.39, 0.29) is 44.0 Å². The summed E-state index contributed by atoms with van der Waals surface area (Å²) in [6.45, 7) is 11.5. The van der Waals surface area contributed by atoms with E-state index in [0.717, 1.165) is 33.4 Å². The van der Waals surface area contributed by atoms with E-state index in [1.807, 2.05) is 70.5 Å². The lowest BCUT2D eigenvalue weighted by atomic mass is 10.1. The number of pyridine rings is 3. The molecular formula is C36H34Cl2N4O8S. The maximum absolute atomic E-state index is 12.9. The van der Waals surface area contributed by atoms with Gasteiger partial charge in [0.05, 0.1) is 7.11 Å². The molecule has 0 saturated carbocycles. The Morgan fingerprint density at radius 1 is 0.706 bits per heavy atom. The number of amides is 1. The number of sulfonamides is 1. The minimum atomic E-state index is -4.28. The van der Waals surface area contributed by atoms with Crippen molar-refractivity contribution in [3.8, 4) is 29.1 Å². The molecule has 0 aliphatic rings. The Hall–Kier alpha value is -5.24. The van der Waals surface area contributed by atoms with Crippen LogP contribution in [0.4, 0.5) is 0 Å². The van der Waals surface area contributed by atoms with Crippen LogP contribution in [0.5, 0.6) is 29.1 Å². The third-order valence-electron chi connectivity index (χ3n) is 7.18. The summed E-state index contributed by atoms with van der Waals surface area (Å²) < 4.78 is 44.0. The van der Waals surface area contributed by atoms with Crippen molar-refractivity contribution in [3.05, 3.63) is 122 Å².